The second-order valence-corrected chi connectivity index (χ2v) is 10.0. The summed E-state index contributed by atoms with van der Waals surface area (Å²) in [5.74, 6) is 0.0997. The summed E-state index contributed by atoms with van der Waals surface area (Å²) in [7, 11) is 0. The second kappa shape index (κ2) is 12.0. The highest BCUT2D eigenvalue weighted by molar-refractivity contribution is 8.00. The quantitative estimate of drug-likeness (QED) is 0.426. The number of carbonyl (C=O) groups is 3. The molecule has 1 aromatic heterocycles. The third kappa shape index (κ3) is 7.30. The Labute approximate surface area is 196 Å². The molecule has 10 heteroatoms. The number of likely N-dealkylation sites (tertiary alicyclic amines) is 1. The molecule has 32 heavy (non-hydrogen) atoms. The molecule has 3 rings (SSSR count). The van der Waals surface area contributed by atoms with Crippen molar-refractivity contribution in [3.8, 4) is 0 Å². The fourth-order valence-electron chi connectivity index (χ4n) is 3.40. The molecule has 2 N–H and O–H groups in total. The molecule has 3 amide bonds. The minimum atomic E-state index is -0.584. The van der Waals surface area contributed by atoms with Crippen molar-refractivity contribution in [2.45, 2.75) is 62.1 Å². The molecule has 0 spiro atoms. The van der Waals surface area contributed by atoms with Crippen molar-refractivity contribution in [1.29, 1.82) is 0 Å². The van der Waals surface area contributed by atoms with Crippen LogP contribution in [-0.4, -0.2) is 52.0 Å². The smallest absolute Gasteiger partial charge is 0.244 e. The zero-order chi connectivity index (χ0) is 22.9. The molecular weight excluding hydrogens is 446 g/mol. The van der Waals surface area contributed by atoms with E-state index in [4.69, 9.17) is 0 Å². The number of amides is 3. The van der Waals surface area contributed by atoms with E-state index in [-0.39, 0.29) is 30.6 Å². The van der Waals surface area contributed by atoms with E-state index in [9.17, 15) is 14.4 Å². The van der Waals surface area contributed by atoms with E-state index in [0.717, 1.165) is 42.4 Å². The van der Waals surface area contributed by atoms with E-state index in [2.05, 4.69) is 39.9 Å². The van der Waals surface area contributed by atoms with Crippen molar-refractivity contribution in [3.63, 3.8) is 0 Å². The predicted molar refractivity (Wildman–Crippen MR) is 127 cm³/mol. The lowest BCUT2D eigenvalue weighted by atomic mass is 10.1. The van der Waals surface area contributed by atoms with E-state index in [1.54, 1.807) is 23.6 Å². The van der Waals surface area contributed by atoms with Gasteiger partial charge in [-0.1, -0.05) is 47.4 Å². The van der Waals surface area contributed by atoms with Gasteiger partial charge in [0.1, 0.15) is 6.04 Å². The summed E-state index contributed by atoms with van der Waals surface area (Å²) >= 11 is 2.88. The predicted octanol–water partition coefficient (Wildman–Crippen LogP) is 3.37. The van der Waals surface area contributed by atoms with Crippen molar-refractivity contribution in [2.24, 2.45) is 0 Å². The first kappa shape index (κ1) is 24.2. The van der Waals surface area contributed by atoms with Gasteiger partial charge in [0.25, 0.3) is 0 Å². The Hall–Kier alpha value is -2.46. The largest absolute Gasteiger partial charge is 0.345 e. The number of hydrogen-bond donors (Lipinski definition) is 2. The summed E-state index contributed by atoms with van der Waals surface area (Å²) in [4.78, 5) is 38.5. The molecule has 1 fully saturated rings. The number of benzene rings is 1. The molecule has 172 valence electrons. The maximum Gasteiger partial charge on any atom is 0.244 e. The van der Waals surface area contributed by atoms with Gasteiger partial charge in [0.15, 0.2) is 4.34 Å². The van der Waals surface area contributed by atoms with Crippen LogP contribution < -0.4 is 10.6 Å². The summed E-state index contributed by atoms with van der Waals surface area (Å²) in [5, 5.41) is 13.9. The summed E-state index contributed by atoms with van der Waals surface area (Å²) in [6.45, 7) is 5.25. The minimum Gasteiger partial charge on any atom is -0.345 e. The molecule has 2 heterocycles. The van der Waals surface area contributed by atoms with Gasteiger partial charge in [-0.25, -0.2) is 0 Å². The lowest BCUT2D eigenvalue weighted by Gasteiger charge is -2.29. The van der Waals surface area contributed by atoms with Crippen molar-refractivity contribution < 1.29 is 14.4 Å². The van der Waals surface area contributed by atoms with E-state index in [1.807, 2.05) is 12.1 Å². The lowest BCUT2D eigenvalue weighted by Crippen LogP contribution is -2.48. The summed E-state index contributed by atoms with van der Waals surface area (Å²) in [5.41, 5.74) is 2.46. The van der Waals surface area contributed by atoms with Gasteiger partial charge in [-0.15, -0.1) is 10.2 Å². The molecule has 0 radical (unpaired) electrons. The third-order valence-corrected chi connectivity index (χ3v) is 7.28. The number of rotatable bonds is 9. The van der Waals surface area contributed by atoms with Gasteiger partial charge in [-0.05, 0) is 44.2 Å². The Balaban J connectivity index is 1.37. The molecule has 1 saturated heterocycles. The first-order chi connectivity index (χ1) is 15.4. The molecule has 0 bridgehead atoms. The van der Waals surface area contributed by atoms with Crippen molar-refractivity contribution in [3.05, 3.63) is 35.4 Å². The Kier molecular flexibility index (Phi) is 9.04. The number of aryl methyl sites for hydroxylation is 1. The van der Waals surface area contributed by atoms with Crippen LogP contribution in [0.4, 0.5) is 5.13 Å². The zero-order valence-corrected chi connectivity index (χ0v) is 20.1. The Morgan fingerprint density at radius 2 is 1.81 bits per heavy atom. The summed E-state index contributed by atoms with van der Waals surface area (Å²) < 4.78 is 0.770. The number of hydrogen-bond acceptors (Lipinski definition) is 7. The van der Waals surface area contributed by atoms with Crippen LogP contribution >= 0.6 is 23.1 Å². The fraction of sp³-hybridized carbons (Fsp3) is 0.500. The minimum absolute atomic E-state index is 0.0111. The average Bonchev–Trinajstić information content (AvgIpc) is 3.24. The zero-order valence-electron chi connectivity index (χ0n) is 18.4. The average molecular weight is 476 g/mol. The van der Waals surface area contributed by atoms with Gasteiger partial charge in [-0.2, -0.15) is 0 Å². The van der Waals surface area contributed by atoms with E-state index >= 15 is 0 Å². The number of piperidine rings is 1. The summed E-state index contributed by atoms with van der Waals surface area (Å²) in [6, 6.07) is 7.59. The normalized spacial score (nSPS) is 14.6. The number of nitrogens with one attached hydrogen (secondary N) is 2. The Morgan fingerprint density at radius 3 is 2.56 bits per heavy atom. The van der Waals surface area contributed by atoms with Gasteiger partial charge >= 0.3 is 0 Å². The first-order valence-electron chi connectivity index (χ1n) is 10.8. The van der Waals surface area contributed by atoms with Crippen molar-refractivity contribution >= 4 is 46.0 Å². The van der Waals surface area contributed by atoms with Crippen LogP contribution in [-0.2, 0) is 20.1 Å². The number of carbonyl (C=O) groups excluding carboxylic acids is 3. The van der Waals surface area contributed by atoms with Gasteiger partial charge in [0.05, 0.1) is 0 Å². The molecule has 1 aromatic carbocycles. The third-order valence-electron chi connectivity index (χ3n) is 5.26. The molecule has 2 aromatic rings. The molecule has 1 unspecified atom stereocenters. The van der Waals surface area contributed by atoms with Crippen LogP contribution in [0.3, 0.4) is 0 Å². The van der Waals surface area contributed by atoms with Gasteiger partial charge in [-0.3, -0.25) is 14.4 Å². The maximum atomic E-state index is 12.4. The Morgan fingerprint density at radius 1 is 1.09 bits per heavy atom. The van der Waals surface area contributed by atoms with E-state index in [1.165, 1.54) is 22.5 Å². The van der Waals surface area contributed by atoms with Crippen LogP contribution in [0.5, 0.6) is 0 Å². The SMILES string of the molecule is Cc1ccccc1CSc1nnc(NC(=O)CCC(=O)NC(C)C(=O)N2CCCCC2)s1. The molecule has 1 atom stereocenters. The van der Waals surface area contributed by atoms with Crippen molar-refractivity contribution in [1.82, 2.24) is 20.4 Å². The lowest BCUT2D eigenvalue weighted by molar-refractivity contribution is -0.136. The maximum absolute atomic E-state index is 12.4. The number of nitrogens with zero attached hydrogens (tertiary/aromatic N) is 3. The standard InChI is InChI=1S/C22H29N5O3S2/c1-15-8-4-5-9-17(15)14-31-22-26-25-21(32-22)24-19(29)11-10-18(28)23-16(2)20(30)27-12-6-3-7-13-27/h4-5,8-9,16H,3,6-7,10-14H2,1-2H3,(H,23,28)(H,24,25,29). The number of aromatic nitrogens is 2. The molecule has 1 aliphatic heterocycles. The Bertz CT molecular complexity index is 943. The number of anilines is 1. The highest BCUT2D eigenvalue weighted by Gasteiger charge is 2.23. The van der Waals surface area contributed by atoms with Gasteiger partial charge < -0.3 is 15.5 Å². The van der Waals surface area contributed by atoms with Gasteiger partial charge in [0, 0.05) is 31.7 Å². The highest BCUT2D eigenvalue weighted by Crippen LogP contribution is 2.29. The van der Waals surface area contributed by atoms with Crippen LogP contribution in [0.2, 0.25) is 0 Å². The van der Waals surface area contributed by atoms with E-state index < -0.39 is 6.04 Å². The topological polar surface area (TPSA) is 104 Å². The fourth-order valence-corrected chi connectivity index (χ4v) is 5.25. The van der Waals surface area contributed by atoms with Crippen LogP contribution in [0.1, 0.15) is 50.2 Å². The highest BCUT2D eigenvalue weighted by atomic mass is 32.2. The second-order valence-electron chi connectivity index (χ2n) is 7.81. The van der Waals surface area contributed by atoms with Crippen LogP contribution in [0.15, 0.2) is 28.6 Å². The molecule has 0 saturated carbocycles. The number of thioether (sulfide) groups is 1. The molecular formula is C22H29N5O3S2. The van der Waals surface area contributed by atoms with E-state index in [0.29, 0.717) is 5.13 Å². The molecule has 0 aliphatic carbocycles. The molecule has 8 nitrogen and oxygen atoms in total. The van der Waals surface area contributed by atoms with Crippen LogP contribution in [0, 0.1) is 6.92 Å². The summed E-state index contributed by atoms with van der Waals surface area (Å²) in [6.07, 6.45) is 3.18. The van der Waals surface area contributed by atoms with Crippen LogP contribution in [0.25, 0.3) is 0 Å². The monoisotopic (exact) mass is 475 g/mol. The van der Waals surface area contributed by atoms with Crippen molar-refractivity contribution in [2.75, 3.05) is 18.4 Å². The first-order valence-corrected chi connectivity index (χ1v) is 12.6. The van der Waals surface area contributed by atoms with Gasteiger partial charge in [0.2, 0.25) is 22.9 Å². The molecule has 1 aliphatic rings.